The summed E-state index contributed by atoms with van der Waals surface area (Å²) in [6, 6.07) is 10.1. The Kier molecular flexibility index (Phi) is 6.83. The lowest BCUT2D eigenvalue weighted by molar-refractivity contribution is -0.153. The number of aliphatic hydroxyl groups excluding tert-OH is 2. The number of Topliss-reactive ketones (excluding diaryl/α,β-unsaturated/α-hetero) is 2. The molecule has 1 saturated carbocycles. The molecule has 0 radical (unpaired) electrons. The molecule has 3 aliphatic carbocycles. The van der Waals surface area contributed by atoms with Crippen LogP contribution in [0.2, 0.25) is 0 Å². The van der Waals surface area contributed by atoms with Crippen LogP contribution in [0, 0.1) is 11.8 Å². The van der Waals surface area contributed by atoms with Crippen LogP contribution in [-0.2, 0) is 27.3 Å². The molecule has 3 aliphatic rings. The van der Waals surface area contributed by atoms with Gasteiger partial charge in [0.15, 0.2) is 11.4 Å². The summed E-state index contributed by atoms with van der Waals surface area (Å²) >= 11 is 0. The van der Waals surface area contributed by atoms with E-state index in [1.54, 1.807) is 14.1 Å². The van der Waals surface area contributed by atoms with Gasteiger partial charge in [-0.2, -0.15) is 0 Å². The molecule has 0 saturated heterocycles. The Hall–Kier alpha value is -4.35. The number of rotatable bonds is 6. The predicted molar refractivity (Wildman–Crippen MR) is 152 cm³/mol. The molecule has 4 atom stereocenters. The number of ketones is 2. The van der Waals surface area contributed by atoms with Crippen LogP contribution in [0.5, 0.6) is 5.75 Å². The van der Waals surface area contributed by atoms with Crippen molar-refractivity contribution in [3.8, 4) is 5.75 Å². The number of likely N-dealkylation sites (N-methyl/N-ethyl adjacent to an activating group) is 1. The minimum atomic E-state index is -2.67. The molecule has 0 aromatic heterocycles. The second kappa shape index (κ2) is 9.93. The molecule has 0 bridgehead atoms. The first-order valence-corrected chi connectivity index (χ1v) is 13.3. The number of fused-ring (bicyclic) bond motifs is 3. The normalized spacial score (nSPS) is 25.6. The Morgan fingerprint density at radius 2 is 1.76 bits per heavy atom. The van der Waals surface area contributed by atoms with Gasteiger partial charge in [0.1, 0.15) is 22.8 Å². The van der Waals surface area contributed by atoms with Gasteiger partial charge in [0.25, 0.3) is 5.91 Å². The van der Waals surface area contributed by atoms with Crippen molar-refractivity contribution in [3.63, 3.8) is 0 Å². The lowest BCUT2D eigenvalue weighted by Crippen LogP contribution is -2.65. The van der Waals surface area contributed by atoms with E-state index in [0.717, 1.165) is 11.4 Å². The quantitative estimate of drug-likeness (QED) is 0.284. The van der Waals surface area contributed by atoms with Gasteiger partial charge in [-0.25, -0.2) is 0 Å². The van der Waals surface area contributed by atoms with Crippen molar-refractivity contribution >= 4 is 34.6 Å². The fourth-order valence-corrected chi connectivity index (χ4v) is 6.63. The summed E-state index contributed by atoms with van der Waals surface area (Å²) in [5.41, 5.74) is 4.41. The number of nitrogens with one attached hydrogen (secondary N) is 1. The van der Waals surface area contributed by atoms with Crippen molar-refractivity contribution < 1.29 is 34.8 Å². The maximum absolute atomic E-state index is 14.1. The maximum atomic E-state index is 14.1. The van der Waals surface area contributed by atoms with Crippen LogP contribution < -0.4 is 16.0 Å². The number of benzene rings is 2. The third kappa shape index (κ3) is 4.15. The summed E-state index contributed by atoms with van der Waals surface area (Å²) in [6.07, 6.45) is 0.263. The van der Waals surface area contributed by atoms with Crippen molar-refractivity contribution in [3.05, 3.63) is 70.0 Å². The fourth-order valence-electron chi connectivity index (χ4n) is 6.63. The van der Waals surface area contributed by atoms with Gasteiger partial charge in [0.05, 0.1) is 11.6 Å². The molecule has 2 aromatic carbocycles. The summed E-state index contributed by atoms with van der Waals surface area (Å²) < 4.78 is 0. The van der Waals surface area contributed by atoms with Crippen molar-refractivity contribution in [1.29, 1.82) is 0 Å². The number of amides is 1. The number of hydrogen-bond donors (Lipinski definition) is 6. The first kappa shape index (κ1) is 28.2. The largest absolute Gasteiger partial charge is 0.508 e. The third-order valence-corrected chi connectivity index (χ3v) is 8.51. The van der Waals surface area contributed by atoms with Crippen molar-refractivity contribution in [2.75, 3.05) is 38.4 Å². The zero-order chi connectivity index (χ0) is 30.0. The highest BCUT2D eigenvalue weighted by Gasteiger charge is 2.64. The van der Waals surface area contributed by atoms with Crippen LogP contribution in [0.15, 0.2) is 53.3 Å². The predicted octanol–water partition coefficient (Wildman–Crippen LogP) is 1.64. The summed E-state index contributed by atoms with van der Waals surface area (Å²) in [7, 11) is 6.80. The SMILES string of the molecule is CN(C)c1cc(CNc2ccccc2)c(O)c2c1C[C@@H]1C[C@@H]3[C@@H](N(C)C)C(=O)C(C(N)=O)=C(O)[C@]3(O)C(=O)C1=C2O. The molecule has 2 aromatic rings. The third-order valence-electron chi connectivity index (χ3n) is 8.51. The fraction of sp³-hybridized carbons (Fsp3) is 0.367. The molecule has 0 spiro atoms. The van der Waals surface area contributed by atoms with Gasteiger partial charge >= 0.3 is 0 Å². The number of phenolic OH excluding ortho intramolecular Hbond substituents is 1. The number of anilines is 2. The van der Waals surface area contributed by atoms with Crippen molar-refractivity contribution in [2.24, 2.45) is 17.6 Å². The minimum Gasteiger partial charge on any atom is -0.508 e. The molecular weight excluding hydrogens is 528 g/mol. The van der Waals surface area contributed by atoms with Gasteiger partial charge in [-0.1, -0.05) is 18.2 Å². The van der Waals surface area contributed by atoms with E-state index < -0.39 is 58.0 Å². The average molecular weight is 563 g/mol. The summed E-state index contributed by atoms with van der Waals surface area (Å²) in [6.45, 7) is 0.216. The van der Waals surface area contributed by atoms with Gasteiger partial charge in [-0.05, 0) is 56.6 Å². The van der Waals surface area contributed by atoms with E-state index in [4.69, 9.17) is 5.73 Å². The smallest absolute Gasteiger partial charge is 0.255 e. The van der Waals surface area contributed by atoms with E-state index in [9.17, 15) is 34.8 Å². The van der Waals surface area contributed by atoms with Gasteiger partial charge in [0, 0.05) is 49.1 Å². The monoisotopic (exact) mass is 562 g/mol. The molecule has 1 amide bonds. The first-order chi connectivity index (χ1) is 19.3. The van der Waals surface area contributed by atoms with E-state index in [-0.39, 0.29) is 36.3 Å². The number of aliphatic hydroxyl groups is 3. The lowest BCUT2D eigenvalue weighted by atomic mass is 9.57. The second-order valence-electron chi connectivity index (χ2n) is 11.3. The van der Waals surface area contributed by atoms with Crippen molar-refractivity contribution in [2.45, 2.75) is 31.0 Å². The Balaban J connectivity index is 1.68. The summed E-state index contributed by atoms with van der Waals surface area (Å²) in [4.78, 5) is 42.8. The highest BCUT2D eigenvalue weighted by molar-refractivity contribution is 6.24. The molecule has 41 heavy (non-hydrogen) atoms. The van der Waals surface area contributed by atoms with E-state index in [1.807, 2.05) is 55.4 Å². The van der Waals surface area contributed by atoms with E-state index in [2.05, 4.69) is 5.32 Å². The molecular formula is C30H34N4O7. The Labute approximate surface area is 237 Å². The summed E-state index contributed by atoms with van der Waals surface area (Å²) in [5.74, 6) is -6.67. The Morgan fingerprint density at radius 3 is 2.34 bits per heavy atom. The van der Waals surface area contributed by atoms with Crippen LogP contribution in [0.25, 0.3) is 5.76 Å². The molecule has 0 aliphatic heterocycles. The maximum Gasteiger partial charge on any atom is 0.255 e. The van der Waals surface area contributed by atoms with Crippen LogP contribution in [-0.4, -0.2) is 82.6 Å². The van der Waals surface area contributed by atoms with E-state index in [0.29, 0.717) is 11.1 Å². The van der Waals surface area contributed by atoms with Crippen molar-refractivity contribution in [1.82, 2.24) is 4.90 Å². The van der Waals surface area contributed by atoms with Crippen LogP contribution >= 0.6 is 0 Å². The van der Waals surface area contributed by atoms with Crippen LogP contribution in [0.4, 0.5) is 11.4 Å². The Bertz CT molecular complexity index is 1530. The number of nitrogens with zero attached hydrogens (tertiary/aromatic N) is 2. The highest BCUT2D eigenvalue weighted by atomic mass is 16.3. The van der Waals surface area contributed by atoms with Gasteiger partial charge in [-0.3, -0.25) is 19.3 Å². The number of phenols is 1. The number of carbonyl (C=O) groups excluding carboxylic acids is 3. The zero-order valence-electron chi connectivity index (χ0n) is 23.3. The molecule has 5 rings (SSSR count). The molecule has 0 unspecified atom stereocenters. The van der Waals surface area contributed by atoms with Crippen LogP contribution in [0.1, 0.15) is 23.1 Å². The second-order valence-corrected chi connectivity index (χ2v) is 11.3. The number of para-hydroxylation sites is 1. The number of hydrogen-bond acceptors (Lipinski definition) is 10. The van der Waals surface area contributed by atoms with E-state index in [1.165, 1.54) is 4.90 Å². The Morgan fingerprint density at radius 1 is 1.10 bits per heavy atom. The number of primary amides is 1. The molecule has 11 heteroatoms. The molecule has 216 valence electrons. The molecule has 7 N–H and O–H groups in total. The molecule has 0 heterocycles. The number of nitrogens with two attached hydrogens (primary N) is 1. The number of aromatic hydroxyl groups is 1. The molecule has 11 nitrogen and oxygen atoms in total. The standard InChI is InChI=1S/C30H34N4O7/c1-33(2)19-12-15(13-32-16-8-6-5-7-9-16)24(35)21-17(19)10-14-11-18-23(34(3)4)26(37)22(29(31)40)28(39)30(18,41)27(38)20(14)25(21)36/h5-9,12,14,18,23,32,35-36,39,41H,10-11,13H2,1-4H3,(H2,31,40)/t14-,18-,23-,30-/m1/s1. The first-order valence-electron chi connectivity index (χ1n) is 13.3. The highest BCUT2D eigenvalue weighted by Crippen LogP contribution is 2.54. The van der Waals surface area contributed by atoms with Gasteiger partial charge < -0.3 is 36.4 Å². The topological polar surface area (TPSA) is 177 Å². The van der Waals surface area contributed by atoms with Gasteiger partial charge in [-0.15, -0.1) is 0 Å². The lowest BCUT2D eigenvalue weighted by Gasteiger charge is -2.50. The van der Waals surface area contributed by atoms with E-state index >= 15 is 0 Å². The molecule has 1 fully saturated rings. The zero-order valence-corrected chi connectivity index (χ0v) is 23.3. The van der Waals surface area contributed by atoms with Gasteiger partial charge in [0.2, 0.25) is 5.78 Å². The van der Waals surface area contributed by atoms with Crippen LogP contribution in [0.3, 0.4) is 0 Å². The summed E-state index contributed by atoms with van der Waals surface area (Å²) in [5, 5.41) is 49.0. The number of carbonyl (C=O) groups is 3. The minimum absolute atomic E-state index is 0.0384. The average Bonchev–Trinajstić information content (AvgIpc) is 2.90.